The van der Waals surface area contributed by atoms with E-state index in [1.165, 1.54) is 0 Å². The molecule has 1 aliphatic rings. The highest BCUT2D eigenvalue weighted by Crippen LogP contribution is 2.28. The SMILES string of the molecule is O=S(=O)(Cl)N1CCCC(F)(F)C1. The van der Waals surface area contributed by atoms with Crippen LogP contribution < -0.4 is 0 Å². The van der Waals surface area contributed by atoms with Gasteiger partial charge in [0.15, 0.2) is 0 Å². The van der Waals surface area contributed by atoms with Crippen LogP contribution in [0.1, 0.15) is 12.8 Å². The molecule has 0 unspecified atom stereocenters. The summed E-state index contributed by atoms with van der Waals surface area (Å²) in [5, 5.41) is 0. The van der Waals surface area contributed by atoms with Gasteiger partial charge in [-0.3, -0.25) is 0 Å². The van der Waals surface area contributed by atoms with Gasteiger partial charge in [-0.1, -0.05) is 0 Å². The second-order valence-corrected chi connectivity index (χ2v) is 5.25. The molecule has 0 amide bonds. The summed E-state index contributed by atoms with van der Waals surface area (Å²) in [4.78, 5) is 0. The smallest absolute Gasteiger partial charge is 0.205 e. The molecule has 12 heavy (non-hydrogen) atoms. The normalized spacial score (nSPS) is 25.6. The average molecular weight is 220 g/mol. The Morgan fingerprint density at radius 1 is 1.42 bits per heavy atom. The van der Waals surface area contributed by atoms with Gasteiger partial charge >= 0.3 is 0 Å². The van der Waals surface area contributed by atoms with Gasteiger partial charge in [0.1, 0.15) is 0 Å². The lowest BCUT2D eigenvalue weighted by Gasteiger charge is -2.29. The molecule has 7 heteroatoms. The first-order chi connectivity index (χ1) is 5.31. The zero-order valence-electron chi connectivity index (χ0n) is 6.13. The van der Waals surface area contributed by atoms with Crippen LogP contribution in [-0.4, -0.2) is 31.7 Å². The van der Waals surface area contributed by atoms with Gasteiger partial charge < -0.3 is 0 Å². The van der Waals surface area contributed by atoms with Crippen LogP contribution in [0.2, 0.25) is 0 Å². The summed E-state index contributed by atoms with van der Waals surface area (Å²) in [6.45, 7) is -0.708. The fourth-order valence-electron chi connectivity index (χ4n) is 1.12. The number of piperidine rings is 1. The zero-order chi connectivity index (χ0) is 9.41. The molecule has 0 aromatic rings. The molecule has 0 spiro atoms. The van der Waals surface area contributed by atoms with Crippen molar-refractivity contribution in [2.24, 2.45) is 0 Å². The van der Waals surface area contributed by atoms with E-state index in [1.54, 1.807) is 0 Å². The quantitative estimate of drug-likeness (QED) is 0.622. The number of alkyl halides is 2. The van der Waals surface area contributed by atoms with Crippen LogP contribution in [0.5, 0.6) is 0 Å². The standard InChI is InChI=1S/C5H8ClF2NO2S/c6-12(10,11)9-3-1-2-5(7,8)4-9/h1-4H2. The van der Waals surface area contributed by atoms with Crippen LogP contribution in [0, 0.1) is 0 Å². The lowest BCUT2D eigenvalue weighted by atomic mass is 10.1. The van der Waals surface area contributed by atoms with E-state index < -0.39 is 21.7 Å². The lowest BCUT2D eigenvalue weighted by Crippen LogP contribution is -2.43. The number of nitrogens with zero attached hydrogens (tertiary/aromatic N) is 1. The summed E-state index contributed by atoms with van der Waals surface area (Å²) in [6.07, 6.45) is -0.116. The van der Waals surface area contributed by atoms with E-state index in [0.717, 1.165) is 0 Å². The van der Waals surface area contributed by atoms with Gasteiger partial charge in [0.25, 0.3) is 15.2 Å². The van der Waals surface area contributed by atoms with Crippen LogP contribution in [-0.2, 0) is 9.24 Å². The highest BCUT2D eigenvalue weighted by Gasteiger charge is 2.39. The highest BCUT2D eigenvalue weighted by molar-refractivity contribution is 8.11. The predicted molar refractivity (Wildman–Crippen MR) is 40.5 cm³/mol. The summed E-state index contributed by atoms with van der Waals surface area (Å²) < 4.78 is 47.1. The topological polar surface area (TPSA) is 37.4 Å². The third-order valence-corrected chi connectivity index (χ3v) is 3.18. The van der Waals surface area contributed by atoms with Gasteiger partial charge in [-0.15, -0.1) is 0 Å². The van der Waals surface area contributed by atoms with Crippen molar-refractivity contribution < 1.29 is 17.2 Å². The monoisotopic (exact) mass is 219 g/mol. The van der Waals surface area contributed by atoms with Crippen molar-refractivity contribution in [3.63, 3.8) is 0 Å². The zero-order valence-corrected chi connectivity index (χ0v) is 7.71. The predicted octanol–water partition coefficient (Wildman–Crippen LogP) is 1.20. The third-order valence-electron chi connectivity index (χ3n) is 1.67. The maximum Gasteiger partial charge on any atom is 0.299 e. The van der Waals surface area contributed by atoms with Crippen molar-refractivity contribution in [1.82, 2.24) is 4.31 Å². The van der Waals surface area contributed by atoms with Gasteiger partial charge in [0.2, 0.25) is 0 Å². The molecule has 0 radical (unpaired) electrons. The minimum absolute atomic E-state index is 0.0847. The van der Waals surface area contributed by atoms with E-state index in [4.69, 9.17) is 10.7 Å². The van der Waals surface area contributed by atoms with Gasteiger partial charge in [0, 0.05) is 23.6 Å². The molecule has 0 N–H and O–H groups in total. The van der Waals surface area contributed by atoms with Crippen molar-refractivity contribution in [2.45, 2.75) is 18.8 Å². The van der Waals surface area contributed by atoms with Crippen LogP contribution >= 0.6 is 10.7 Å². The summed E-state index contributed by atoms with van der Waals surface area (Å²) in [7, 11) is 0.933. The summed E-state index contributed by atoms with van der Waals surface area (Å²) in [5.74, 6) is -2.93. The maximum absolute atomic E-state index is 12.6. The van der Waals surface area contributed by atoms with Crippen molar-refractivity contribution in [3.05, 3.63) is 0 Å². The molecule has 1 fully saturated rings. The molecule has 72 valence electrons. The largest absolute Gasteiger partial charge is 0.299 e. The van der Waals surface area contributed by atoms with Crippen LogP contribution in [0.15, 0.2) is 0 Å². The van der Waals surface area contributed by atoms with E-state index in [0.29, 0.717) is 4.31 Å². The third kappa shape index (κ3) is 2.53. The minimum atomic E-state index is -3.97. The summed E-state index contributed by atoms with van der Waals surface area (Å²) in [5.41, 5.74) is 0. The molecular formula is C5H8ClF2NO2S. The minimum Gasteiger partial charge on any atom is -0.205 e. The molecule has 1 aliphatic heterocycles. The van der Waals surface area contributed by atoms with Crippen LogP contribution in [0.4, 0.5) is 8.78 Å². The van der Waals surface area contributed by atoms with Gasteiger partial charge in [-0.05, 0) is 6.42 Å². The fraction of sp³-hybridized carbons (Fsp3) is 1.00. The van der Waals surface area contributed by atoms with Crippen molar-refractivity contribution in [2.75, 3.05) is 13.1 Å². The summed E-state index contributed by atoms with van der Waals surface area (Å²) >= 11 is 0. The Bertz CT molecular complexity index is 267. The Morgan fingerprint density at radius 3 is 2.33 bits per heavy atom. The number of halogens is 3. The molecule has 1 heterocycles. The molecular weight excluding hydrogens is 212 g/mol. The average Bonchev–Trinajstić information content (AvgIpc) is 1.83. The Hall–Kier alpha value is 0.0600. The Morgan fingerprint density at radius 2 is 2.00 bits per heavy atom. The molecule has 0 aromatic heterocycles. The molecule has 0 bridgehead atoms. The second-order valence-electron chi connectivity index (χ2n) is 2.74. The molecule has 0 aromatic carbocycles. The number of rotatable bonds is 1. The van der Waals surface area contributed by atoms with E-state index in [-0.39, 0.29) is 19.4 Å². The first-order valence-electron chi connectivity index (χ1n) is 3.39. The van der Waals surface area contributed by atoms with Crippen molar-refractivity contribution >= 4 is 19.9 Å². The first kappa shape index (κ1) is 10.1. The molecule has 1 rings (SSSR count). The Balaban J connectivity index is 2.71. The molecule has 1 saturated heterocycles. The fourth-order valence-corrected chi connectivity index (χ4v) is 2.16. The molecule has 3 nitrogen and oxygen atoms in total. The number of hydrogen-bond acceptors (Lipinski definition) is 2. The van der Waals surface area contributed by atoms with Gasteiger partial charge in [-0.2, -0.15) is 12.7 Å². The Kier molecular flexibility index (Phi) is 2.60. The van der Waals surface area contributed by atoms with E-state index in [2.05, 4.69) is 0 Å². The van der Waals surface area contributed by atoms with E-state index >= 15 is 0 Å². The van der Waals surface area contributed by atoms with E-state index in [9.17, 15) is 17.2 Å². The van der Waals surface area contributed by atoms with Crippen molar-refractivity contribution in [1.29, 1.82) is 0 Å². The maximum atomic E-state index is 12.6. The highest BCUT2D eigenvalue weighted by atomic mass is 35.7. The van der Waals surface area contributed by atoms with Gasteiger partial charge in [-0.25, -0.2) is 8.78 Å². The molecule has 0 atom stereocenters. The van der Waals surface area contributed by atoms with Gasteiger partial charge in [0.05, 0.1) is 6.54 Å². The Labute approximate surface area is 73.9 Å². The lowest BCUT2D eigenvalue weighted by molar-refractivity contribution is -0.0429. The van der Waals surface area contributed by atoms with Crippen LogP contribution in [0.3, 0.4) is 0 Å². The van der Waals surface area contributed by atoms with E-state index in [1.807, 2.05) is 0 Å². The second kappa shape index (κ2) is 3.08. The summed E-state index contributed by atoms with van der Waals surface area (Å²) in [6, 6.07) is 0. The molecule has 0 saturated carbocycles. The molecule has 0 aliphatic carbocycles. The van der Waals surface area contributed by atoms with Crippen LogP contribution in [0.25, 0.3) is 0 Å². The van der Waals surface area contributed by atoms with Crippen molar-refractivity contribution in [3.8, 4) is 0 Å². The first-order valence-corrected chi connectivity index (χ1v) is 5.65. The number of hydrogen-bond donors (Lipinski definition) is 0.